The Morgan fingerprint density at radius 3 is 2.90 bits per heavy atom. The van der Waals surface area contributed by atoms with Crippen molar-refractivity contribution in [3.8, 4) is 0 Å². The molecule has 0 radical (unpaired) electrons. The zero-order valence-electron chi connectivity index (χ0n) is 12.9. The van der Waals surface area contributed by atoms with Crippen LogP contribution in [-0.2, 0) is 6.54 Å². The fourth-order valence-electron chi connectivity index (χ4n) is 2.24. The van der Waals surface area contributed by atoms with Crippen LogP contribution < -0.4 is 10.6 Å². The van der Waals surface area contributed by atoms with E-state index in [1.54, 1.807) is 0 Å². The van der Waals surface area contributed by atoms with Gasteiger partial charge in [-0.05, 0) is 39.4 Å². The summed E-state index contributed by atoms with van der Waals surface area (Å²) >= 11 is 2.05. The number of aliphatic imine (C=N–C) groups is 1. The molecule has 0 amide bonds. The molecule has 0 bridgehead atoms. The molecule has 7 heteroatoms. The number of nitrogens with zero attached hydrogens (tertiary/aromatic N) is 2. The molecule has 1 aromatic rings. The molecular weight excluding hydrogens is 399 g/mol. The monoisotopic (exact) mass is 424 g/mol. The van der Waals surface area contributed by atoms with E-state index < -0.39 is 0 Å². The van der Waals surface area contributed by atoms with E-state index in [9.17, 15) is 0 Å². The van der Waals surface area contributed by atoms with E-state index in [2.05, 4.69) is 34.6 Å². The minimum Gasteiger partial charge on any atom is -0.359 e. The molecule has 0 aliphatic carbocycles. The highest BCUT2D eigenvalue weighted by molar-refractivity contribution is 14.0. The van der Waals surface area contributed by atoms with Gasteiger partial charge in [0.1, 0.15) is 6.54 Å². The lowest BCUT2D eigenvalue weighted by Crippen LogP contribution is -2.43. The number of rotatable bonds is 5. The Morgan fingerprint density at radius 2 is 2.33 bits per heavy atom. The van der Waals surface area contributed by atoms with Crippen molar-refractivity contribution in [3.63, 3.8) is 0 Å². The molecule has 2 N–H and O–H groups in total. The number of aromatic nitrogens is 1. The van der Waals surface area contributed by atoms with Crippen molar-refractivity contribution in [2.24, 2.45) is 4.99 Å². The van der Waals surface area contributed by atoms with Crippen LogP contribution in [0.1, 0.15) is 38.1 Å². The summed E-state index contributed by atoms with van der Waals surface area (Å²) in [6, 6.07) is 1.92. The molecule has 2 heterocycles. The van der Waals surface area contributed by atoms with Gasteiger partial charge in [-0.15, -0.1) is 24.0 Å². The first-order chi connectivity index (χ1) is 9.61. The Bertz CT molecular complexity index is 458. The minimum absolute atomic E-state index is 0. The second-order valence-electron chi connectivity index (χ2n) is 5.39. The molecule has 0 saturated carbocycles. The molecule has 120 valence electrons. The molecule has 5 nitrogen and oxygen atoms in total. The normalized spacial score (nSPS) is 22.0. The van der Waals surface area contributed by atoms with Gasteiger partial charge in [-0.3, -0.25) is 0 Å². The fourth-order valence-corrected chi connectivity index (χ4v) is 3.48. The molecule has 1 atom stereocenters. The molecule has 1 unspecified atom stereocenters. The maximum Gasteiger partial charge on any atom is 0.191 e. The minimum atomic E-state index is 0. The van der Waals surface area contributed by atoms with Crippen molar-refractivity contribution >= 4 is 41.7 Å². The zero-order chi connectivity index (χ0) is 14.4. The van der Waals surface area contributed by atoms with E-state index in [4.69, 9.17) is 4.52 Å². The lowest BCUT2D eigenvalue weighted by Gasteiger charge is -2.24. The van der Waals surface area contributed by atoms with Gasteiger partial charge < -0.3 is 15.2 Å². The number of guanidine groups is 1. The third kappa shape index (κ3) is 6.06. The Labute approximate surface area is 148 Å². The second kappa shape index (κ2) is 8.87. The van der Waals surface area contributed by atoms with Crippen LogP contribution in [-0.4, -0.2) is 34.7 Å². The van der Waals surface area contributed by atoms with Gasteiger partial charge in [0.05, 0.1) is 5.69 Å². The van der Waals surface area contributed by atoms with Gasteiger partial charge in [0.15, 0.2) is 11.7 Å². The Kier molecular flexibility index (Phi) is 7.86. The van der Waals surface area contributed by atoms with Crippen LogP contribution in [0.3, 0.4) is 0 Å². The highest BCUT2D eigenvalue weighted by Crippen LogP contribution is 2.36. The van der Waals surface area contributed by atoms with E-state index >= 15 is 0 Å². The quantitative estimate of drug-likeness (QED) is 0.433. The number of hydrogen-bond acceptors (Lipinski definition) is 4. The summed E-state index contributed by atoms with van der Waals surface area (Å²) in [5.74, 6) is 2.90. The number of aryl methyl sites for hydroxylation is 1. The van der Waals surface area contributed by atoms with Gasteiger partial charge in [0.25, 0.3) is 0 Å². The van der Waals surface area contributed by atoms with Crippen molar-refractivity contribution in [1.29, 1.82) is 0 Å². The van der Waals surface area contributed by atoms with Gasteiger partial charge in [-0.1, -0.05) is 5.16 Å². The molecule has 1 aliphatic heterocycles. The van der Waals surface area contributed by atoms with E-state index in [1.807, 2.05) is 24.8 Å². The standard InChI is InChI=1S/C14H24N4OS.HI/c1-4-15-13(16-9-12-8-11(2)18-19-12)17-10-14(3)6-5-7-20-14;/h8H,4-7,9-10H2,1-3H3,(H2,15,16,17);1H. The van der Waals surface area contributed by atoms with Gasteiger partial charge in [-0.2, -0.15) is 11.8 Å². The summed E-state index contributed by atoms with van der Waals surface area (Å²) in [4.78, 5) is 4.54. The van der Waals surface area contributed by atoms with E-state index in [0.29, 0.717) is 11.3 Å². The molecule has 0 spiro atoms. The highest BCUT2D eigenvalue weighted by Gasteiger charge is 2.29. The maximum atomic E-state index is 5.17. The van der Waals surface area contributed by atoms with Crippen LogP contribution in [0.2, 0.25) is 0 Å². The molecule has 21 heavy (non-hydrogen) atoms. The number of nitrogens with one attached hydrogen (secondary N) is 2. The number of hydrogen-bond donors (Lipinski definition) is 2. The van der Waals surface area contributed by atoms with Crippen LogP contribution in [0.5, 0.6) is 0 Å². The molecule has 2 rings (SSSR count). The summed E-state index contributed by atoms with van der Waals surface area (Å²) in [5.41, 5.74) is 0.892. The molecule has 1 aliphatic rings. The zero-order valence-corrected chi connectivity index (χ0v) is 16.1. The van der Waals surface area contributed by atoms with Gasteiger partial charge >= 0.3 is 0 Å². The molecule has 1 aromatic heterocycles. The van der Waals surface area contributed by atoms with E-state index in [1.165, 1.54) is 18.6 Å². The molecule has 0 aromatic carbocycles. The maximum absolute atomic E-state index is 5.17. The largest absolute Gasteiger partial charge is 0.359 e. The Hall–Kier alpha value is -0.440. The van der Waals surface area contributed by atoms with Crippen LogP contribution in [0.15, 0.2) is 15.6 Å². The van der Waals surface area contributed by atoms with Gasteiger partial charge in [0.2, 0.25) is 0 Å². The topological polar surface area (TPSA) is 62.5 Å². The second-order valence-corrected chi connectivity index (χ2v) is 7.07. The molecular formula is C14H25IN4OS. The first-order valence-corrected chi connectivity index (χ1v) is 8.18. The summed E-state index contributed by atoms with van der Waals surface area (Å²) in [6.07, 6.45) is 2.58. The van der Waals surface area contributed by atoms with Crippen LogP contribution in [0.25, 0.3) is 0 Å². The predicted molar refractivity (Wildman–Crippen MR) is 99.6 cm³/mol. The third-order valence-corrected chi connectivity index (χ3v) is 4.88. The third-order valence-electron chi connectivity index (χ3n) is 3.34. The van der Waals surface area contributed by atoms with Crippen molar-refractivity contribution in [2.45, 2.75) is 44.9 Å². The lowest BCUT2D eigenvalue weighted by molar-refractivity contribution is 0.381. The first kappa shape index (κ1) is 18.6. The van der Waals surface area contributed by atoms with Crippen molar-refractivity contribution in [1.82, 2.24) is 15.8 Å². The van der Waals surface area contributed by atoms with Gasteiger partial charge in [-0.25, -0.2) is 4.99 Å². The SMILES string of the molecule is CCNC(=NCc1cc(C)no1)NCC1(C)CCCS1.I. The number of thioether (sulfide) groups is 1. The van der Waals surface area contributed by atoms with Crippen LogP contribution in [0.4, 0.5) is 0 Å². The highest BCUT2D eigenvalue weighted by atomic mass is 127. The molecule has 1 fully saturated rings. The average Bonchev–Trinajstić information content (AvgIpc) is 3.03. The van der Waals surface area contributed by atoms with E-state index in [-0.39, 0.29) is 24.0 Å². The van der Waals surface area contributed by atoms with E-state index in [0.717, 1.165) is 30.5 Å². The molecule has 1 saturated heterocycles. The predicted octanol–water partition coefficient (Wildman–Crippen LogP) is 2.94. The van der Waals surface area contributed by atoms with Crippen LogP contribution in [0, 0.1) is 6.92 Å². The van der Waals surface area contributed by atoms with Crippen LogP contribution >= 0.6 is 35.7 Å². The summed E-state index contributed by atoms with van der Waals surface area (Å²) in [7, 11) is 0. The van der Waals surface area contributed by atoms with Crippen molar-refractivity contribution < 1.29 is 4.52 Å². The van der Waals surface area contributed by atoms with Crippen molar-refractivity contribution in [2.75, 3.05) is 18.8 Å². The average molecular weight is 424 g/mol. The Morgan fingerprint density at radius 1 is 1.52 bits per heavy atom. The smallest absolute Gasteiger partial charge is 0.191 e. The first-order valence-electron chi connectivity index (χ1n) is 7.20. The lowest BCUT2D eigenvalue weighted by atomic mass is 10.1. The Balaban J connectivity index is 0.00000220. The summed E-state index contributed by atoms with van der Waals surface area (Å²) in [5, 5.41) is 10.6. The van der Waals surface area contributed by atoms with Gasteiger partial charge in [0, 0.05) is 23.9 Å². The number of halogens is 1. The summed E-state index contributed by atoms with van der Waals surface area (Å²) < 4.78 is 5.51. The summed E-state index contributed by atoms with van der Waals surface area (Å²) in [6.45, 7) is 8.62. The fraction of sp³-hybridized carbons (Fsp3) is 0.714. The van der Waals surface area contributed by atoms with Crippen molar-refractivity contribution in [3.05, 3.63) is 17.5 Å².